The Hall–Kier alpha value is -3.26. The molecule has 4 aromatic rings. The van der Waals surface area contributed by atoms with Gasteiger partial charge in [0.2, 0.25) is 0 Å². The standard InChI is InChI=1S/C25H20N2OS/c1-18-8-6-7-11-21(18)22-14-20(12-13-23(22)26-2)25(24-15-27-17-29-24)28-16-19-9-4-3-5-10-19/h3-15,17,25H,16H2,1H3. The minimum atomic E-state index is -0.231. The van der Waals surface area contributed by atoms with E-state index in [2.05, 4.69) is 47.1 Å². The molecule has 0 spiro atoms. The van der Waals surface area contributed by atoms with Crippen molar-refractivity contribution in [3.05, 3.63) is 117 Å². The predicted octanol–water partition coefficient (Wildman–Crippen LogP) is 6.98. The summed E-state index contributed by atoms with van der Waals surface area (Å²) >= 11 is 1.58. The molecule has 3 aromatic carbocycles. The highest BCUT2D eigenvalue weighted by atomic mass is 32.1. The molecule has 1 heterocycles. The normalized spacial score (nSPS) is 11.7. The van der Waals surface area contributed by atoms with Gasteiger partial charge in [0.25, 0.3) is 0 Å². The average molecular weight is 397 g/mol. The molecule has 0 aliphatic carbocycles. The van der Waals surface area contributed by atoms with Gasteiger partial charge in [-0.3, -0.25) is 4.98 Å². The fourth-order valence-corrected chi connectivity index (χ4v) is 4.05. The maximum Gasteiger partial charge on any atom is 0.194 e. The molecule has 0 fully saturated rings. The maximum atomic E-state index is 7.60. The lowest BCUT2D eigenvalue weighted by atomic mass is 9.95. The van der Waals surface area contributed by atoms with Gasteiger partial charge in [-0.25, -0.2) is 4.85 Å². The Labute approximate surface area is 175 Å². The number of hydrogen-bond donors (Lipinski definition) is 0. The molecule has 0 radical (unpaired) electrons. The summed E-state index contributed by atoms with van der Waals surface area (Å²) in [4.78, 5) is 9.03. The summed E-state index contributed by atoms with van der Waals surface area (Å²) in [6.07, 6.45) is 1.63. The minimum Gasteiger partial charge on any atom is -0.363 e. The van der Waals surface area contributed by atoms with E-state index in [1.54, 1.807) is 11.3 Å². The molecular weight excluding hydrogens is 376 g/mol. The van der Waals surface area contributed by atoms with Crippen LogP contribution in [0.2, 0.25) is 0 Å². The molecule has 0 saturated heterocycles. The first-order chi connectivity index (χ1) is 14.3. The van der Waals surface area contributed by atoms with Gasteiger partial charge < -0.3 is 4.74 Å². The second-order valence-electron chi connectivity index (χ2n) is 6.78. The van der Waals surface area contributed by atoms with Crippen LogP contribution in [0.15, 0.2) is 84.5 Å². The lowest BCUT2D eigenvalue weighted by Crippen LogP contribution is -2.05. The molecule has 0 N–H and O–H groups in total. The zero-order chi connectivity index (χ0) is 20.1. The number of aromatic nitrogens is 1. The number of benzene rings is 3. The lowest BCUT2D eigenvalue weighted by molar-refractivity contribution is 0.0689. The molecular formula is C25H20N2OS. The fourth-order valence-electron chi connectivity index (χ4n) is 3.36. The van der Waals surface area contributed by atoms with Crippen molar-refractivity contribution in [2.75, 3.05) is 0 Å². The van der Waals surface area contributed by atoms with E-state index < -0.39 is 0 Å². The molecule has 1 aromatic heterocycles. The van der Waals surface area contributed by atoms with Crippen molar-refractivity contribution in [2.24, 2.45) is 0 Å². The third-order valence-corrected chi connectivity index (χ3v) is 5.67. The Bertz CT molecular complexity index is 1130. The number of nitrogens with zero attached hydrogens (tertiary/aromatic N) is 2. The van der Waals surface area contributed by atoms with E-state index in [1.807, 2.05) is 54.2 Å². The summed E-state index contributed by atoms with van der Waals surface area (Å²) in [7, 11) is 0. The molecule has 4 heteroatoms. The number of hydrogen-bond acceptors (Lipinski definition) is 3. The number of rotatable bonds is 6. The summed E-state index contributed by atoms with van der Waals surface area (Å²) < 4.78 is 6.35. The van der Waals surface area contributed by atoms with Gasteiger partial charge in [-0.1, -0.05) is 72.8 Å². The fraction of sp³-hybridized carbons (Fsp3) is 0.120. The van der Waals surface area contributed by atoms with Crippen LogP contribution in [0.25, 0.3) is 16.0 Å². The third-order valence-electron chi connectivity index (χ3n) is 4.85. The van der Waals surface area contributed by atoms with Crippen LogP contribution in [-0.2, 0) is 11.3 Å². The molecule has 4 rings (SSSR count). The Morgan fingerprint density at radius 3 is 2.52 bits per heavy atom. The molecule has 1 unspecified atom stereocenters. The Balaban J connectivity index is 1.74. The summed E-state index contributed by atoms with van der Waals surface area (Å²) in [6.45, 7) is 10.2. The maximum absolute atomic E-state index is 7.60. The smallest absolute Gasteiger partial charge is 0.194 e. The number of ether oxygens (including phenoxy) is 1. The van der Waals surface area contributed by atoms with E-state index in [-0.39, 0.29) is 6.10 Å². The topological polar surface area (TPSA) is 26.5 Å². The summed E-state index contributed by atoms with van der Waals surface area (Å²) in [5.74, 6) is 0. The SMILES string of the molecule is [C-]#[N+]c1ccc(C(OCc2ccccc2)c2cncs2)cc1-c1ccccc1C. The monoisotopic (exact) mass is 396 g/mol. The van der Waals surface area contributed by atoms with E-state index in [4.69, 9.17) is 11.3 Å². The third kappa shape index (κ3) is 4.27. The van der Waals surface area contributed by atoms with Crippen LogP contribution in [0.4, 0.5) is 5.69 Å². The minimum absolute atomic E-state index is 0.231. The second kappa shape index (κ2) is 8.83. The molecule has 0 aliphatic heterocycles. The quantitative estimate of drug-likeness (QED) is 0.329. The van der Waals surface area contributed by atoms with Gasteiger partial charge in [-0.2, -0.15) is 0 Å². The first-order valence-electron chi connectivity index (χ1n) is 9.37. The van der Waals surface area contributed by atoms with Crippen LogP contribution < -0.4 is 0 Å². The first-order valence-corrected chi connectivity index (χ1v) is 10.3. The van der Waals surface area contributed by atoms with Gasteiger partial charge in [-0.05, 0) is 34.7 Å². The second-order valence-corrected chi connectivity index (χ2v) is 7.70. The van der Waals surface area contributed by atoms with Gasteiger partial charge in [0.05, 0.1) is 23.6 Å². The zero-order valence-electron chi connectivity index (χ0n) is 16.1. The van der Waals surface area contributed by atoms with Crippen LogP contribution >= 0.6 is 11.3 Å². The molecule has 3 nitrogen and oxygen atoms in total. The van der Waals surface area contributed by atoms with Crippen LogP contribution in [0.1, 0.15) is 27.7 Å². The Kier molecular flexibility index (Phi) is 5.81. The predicted molar refractivity (Wildman–Crippen MR) is 118 cm³/mol. The van der Waals surface area contributed by atoms with Gasteiger partial charge in [0, 0.05) is 6.20 Å². The highest BCUT2D eigenvalue weighted by Crippen LogP contribution is 2.38. The van der Waals surface area contributed by atoms with Crippen molar-refractivity contribution in [2.45, 2.75) is 19.6 Å². The van der Waals surface area contributed by atoms with Crippen molar-refractivity contribution in [1.82, 2.24) is 4.98 Å². The van der Waals surface area contributed by atoms with E-state index in [1.165, 1.54) is 0 Å². The molecule has 0 bridgehead atoms. The van der Waals surface area contributed by atoms with E-state index in [0.717, 1.165) is 32.7 Å². The van der Waals surface area contributed by atoms with Gasteiger partial charge in [-0.15, -0.1) is 11.3 Å². The summed E-state index contributed by atoms with van der Waals surface area (Å²) in [5.41, 5.74) is 7.78. The van der Waals surface area contributed by atoms with Crippen molar-refractivity contribution >= 4 is 17.0 Å². The molecule has 0 aliphatic rings. The zero-order valence-corrected chi connectivity index (χ0v) is 16.9. The summed E-state index contributed by atoms with van der Waals surface area (Å²) in [5, 5.41) is 0. The molecule has 142 valence electrons. The van der Waals surface area contributed by atoms with Crippen LogP contribution in [0.3, 0.4) is 0 Å². The summed E-state index contributed by atoms with van der Waals surface area (Å²) in [6, 6.07) is 24.3. The highest BCUT2D eigenvalue weighted by Gasteiger charge is 2.19. The lowest BCUT2D eigenvalue weighted by Gasteiger charge is -2.19. The van der Waals surface area contributed by atoms with Gasteiger partial charge in [0.15, 0.2) is 5.69 Å². The molecule has 0 amide bonds. The van der Waals surface area contributed by atoms with Crippen molar-refractivity contribution in [1.29, 1.82) is 0 Å². The van der Waals surface area contributed by atoms with Gasteiger partial charge in [0.1, 0.15) is 6.10 Å². The van der Waals surface area contributed by atoms with Crippen molar-refractivity contribution in [3.63, 3.8) is 0 Å². The first kappa shape index (κ1) is 19.1. The van der Waals surface area contributed by atoms with Crippen LogP contribution in [0, 0.1) is 13.5 Å². The Morgan fingerprint density at radius 1 is 1.00 bits per heavy atom. The molecule has 0 saturated carbocycles. The number of thiazole rings is 1. The van der Waals surface area contributed by atoms with Crippen molar-refractivity contribution in [3.8, 4) is 11.1 Å². The average Bonchev–Trinajstić information content (AvgIpc) is 3.29. The van der Waals surface area contributed by atoms with E-state index in [9.17, 15) is 0 Å². The number of aryl methyl sites for hydroxylation is 1. The van der Waals surface area contributed by atoms with Gasteiger partial charge >= 0.3 is 0 Å². The molecule has 29 heavy (non-hydrogen) atoms. The highest BCUT2D eigenvalue weighted by molar-refractivity contribution is 7.09. The van der Waals surface area contributed by atoms with E-state index in [0.29, 0.717) is 12.3 Å². The van der Waals surface area contributed by atoms with E-state index >= 15 is 0 Å². The van der Waals surface area contributed by atoms with Crippen molar-refractivity contribution < 1.29 is 4.74 Å². The Morgan fingerprint density at radius 2 is 1.79 bits per heavy atom. The van der Waals surface area contributed by atoms with Crippen LogP contribution in [0.5, 0.6) is 0 Å². The molecule has 1 atom stereocenters. The largest absolute Gasteiger partial charge is 0.363 e. The van der Waals surface area contributed by atoms with Crippen LogP contribution in [-0.4, -0.2) is 4.98 Å².